The Kier molecular flexibility index (Phi) is 27.4. The van der Waals surface area contributed by atoms with Gasteiger partial charge in [-0.05, 0) is 217 Å². The third-order valence-corrected chi connectivity index (χ3v) is 21.4. The smallest absolute Gasteiger partial charge is 0.126 e. The molecule has 0 N–H and O–H groups in total. The van der Waals surface area contributed by atoms with E-state index in [2.05, 4.69) is 305 Å². The van der Waals surface area contributed by atoms with E-state index < -0.39 is 0 Å². The van der Waals surface area contributed by atoms with Gasteiger partial charge in [-0.3, -0.25) is 34.9 Å². The molecule has 12 heterocycles. The first-order valence-corrected chi connectivity index (χ1v) is 42.8. The molecule has 0 spiro atoms. The topological polar surface area (TPSA) is 219 Å². The Hall–Kier alpha value is -17.6. The highest BCUT2D eigenvalue weighted by atomic mass is 14.9. The van der Waals surface area contributed by atoms with Crippen LogP contribution < -0.4 is 0 Å². The Morgan fingerprint density at radius 1 is 0.115 bits per heavy atom. The summed E-state index contributed by atoms with van der Waals surface area (Å²) in [5, 5.41) is 0. The first-order chi connectivity index (χ1) is 64.4. The lowest BCUT2D eigenvalue weighted by atomic mass is 9.94. The van der Waals surface area contributed by atoms with E-state index in [0.29, 0.717) is 0 Å². The number of aromatic nitrogens is 17. The molecule has 0 radical (unpaired) electrons. The van der Waals surface area contributed by atoms with E-state index in [9.17, 15) is 0 Å². The predicted molar refractivity (Wildman–Crippen MR) is 525 cm³/mol. The molecule has 17 heteroatoms. The van der Waals surface area contributed by atoms with Gasteiger partial charge in [0.25, 0.3) is 0 Å². The van der Waals surface area contributed by atoms with Crippen molar-refractivity contribution in [2.75, 3.05) is 0 Å². The fourth-order valence-corrected chi connectivity index (χ4v) is 15.0. The van der Waals surface area contributed by atoms with Crippen molar-refractivity contribution in [2.45, 2.75) is 34.6 Å². The summed E-state index contributed by atoms with van der Waals surface area (Å²) in [4.78, 5) is 74.8. The van der Waals surface area contributed by atoms with Gasteiger partial charge in [0, 0.05) is 142 Å². The van der Waals surface area contributed by atoms with E-state index in [1.807, 2.05) is 175 Å². The van der Waals surface area contributed by atoms with Gasteiger partial charge in [-0.25, -0.2) is 49.8 Å². The molecule has 9 aromatic carbocycles. The van der Waals surface area contributed by atoms with Crippen LogP contribution in [0.25, 0.3) is 179 Å². The zero-order valence-corrected chi connectivity index (χ0v) is 72.7. The molecule has 0 unspecified atom stereocenters. The van der Waals surface area contributed by atoms with Gasteiger partial charge in [0.15, 0.2) is 0 Å². The van der Waals surface area contributed by atoms with Crippen LogP contribution in [0.4, 0.5) is 0 Å². The van der Waals surface area contributed by atoms with Gasteiger partial charge in [-0.2, -0.15) is 0 Å². The molecule has 0 fully saturated rings. The van der Waals surface area contributed by atoms with Gasteiger partial charge in [0.1, 0.15) is 29.1 Å². The van der Waals surface area contributed by atoms with Crippen LogP contribution in [0, 0.1) is 34.6 Å². The zero-order valence-electron chi connectivity index (χ0n) is 72.7. The molecule has 17 nitrogen and oxygen atoms in total. The van der Waals surface area contributed by atoms with E-state index in [1.54, 1.807) is 68.2 Å². The van der Waals surface area contributed by atoms with Crippen molar-refractivity contribution in [3.8, 4) is 179 Å². The molecule has 21 aromatic rings. The third-order valence-electron chi connectivity index (χ3n) is 21.4. The van der Waals surface area contributed by atoms with Crippen LogP contribution in [-0.4, -0.2) is 84.7 Å². The lowest BCUT2D eigenvalue weighted by Gasteiger charge is -2.12. The van der Waals surface area contributed by atoms with Gasteiger partial charge in [0.05, 0.1) is 56.9 Å². The minimum absolute atomic E-state index is 0.746. The monoisotopic (exact) mass is 1690 g/mol. The number of aryl methyl sites for hydroxylation is 5. The van der Waals surface area contributed by atoms with Crippen molar-refractivity contribution >= 4 is 0 Å². The maximum atomic E-state index is 4.84. The SMILES string of the molecule is Cc1nc(-c2ccc(-c3ccccc3)cc2)cc(-c2ccc(-c3cccnc3)cc2)n1.Cc1nc(-c2ccc(-c3cccnc3)cc2)cc(-c2cc(-c3ccccc3)cc(-c3ccccc3)c2)n1.Cc1nc(-c2ccccc2)cc(-c2ccncc2)n1.Cc1nc(-c2ccncc2)cc(-c2ccc(-c3cccnc3)cc2)n1.Cc1nc(-c2ccncc2)cc(-c2ccncc2)n1. The van der Waals surface area contributed by atoms with Crippen LogP contribution in [0.15, 0.2) is 439 Å². The van der Waals surface area contributed by atoms with E-state index >= 15 is 0 Å². The van der Waals surface area contributed by atoms with Crippen molar-refractivity contribution in [2.24, 2.45) is 0 Å². The lowest BCUT2D eigenvalue weighted by molar-refractivity contribution is 1.06. The number of rotatable bonds is 16. The van der Waals surface area contributed by atoms with Crippen molar-refractivity contribution in [1.29, 1.82) is 0 Å². The molecule has 0 aliphatic carbocycles. The van der Waals surface area contributed by atoms with Crippen molar-refractivity contribution in [3.63, 3.8) is 0 Å². The average Bonchev–Trinajstić information content (AvgIpc) is 0.783. The van der Waals surface area contributed by atoms with Crippen LogP contribution in [0.1, 0.15) is 29.1 Å². The average molecular weight is 1700 g/mol. The highest BCUT2D eigenvalue weighted by Crippen LogP contribution is 2.37. The Balaban J connectivity index is 0.000000117. The molecular weight excluding hydrogens is 1610 g/mol. The van der Waals surface area contributed by atoms with E-state index in [4.69, 9.17) is 9.97 Å². The molecule has 12 aromatic heterocycles. The maximum absolute atomic E-state index is 4.84. The third kappa shape index (κ3) is 22.6. The summed E-state index contributed by atoms with van der Waals surface area (Å²) in [6.07, 6.45) is 25.1. The molecule has 628 valence electrons. The summed E-state index contributed by atoms with van der Waals surface area (Å²) in [5.41, 5.74) is 33.6. The van der Waals surface area contributed by atoms with Crippen molar-refractivity contribution in [1.82, 2.24) is 84.7 Å². The summed E-state index contributed by atoms with van der Waals surface area (Å²) in [5.74, 6) is 3.78. The minimum Gasteiger partial charge on any atom is -0.265 e. The van der Waals surface area contributed by atoms with Crippen LogP contribution in [-0.2, 0) is 0 Å². The number of benzene rings is 9. The highest BCUT2D eigenvalue weighted by molar-refractivity contribution is 5.83. The molecule has 21 rings (SSSR count). The van der Waals surface area contributed by atoms with Gasteiger partial charge in [0.2, 0.25) is 0 Å². The second-order valence-corrected chi connectivity index (χ2v) is 30.7. The summed E-state index contributed by atoms with van der Waals surface area (Å²) >= 11 is 0. The van der Waals surface area contributed by atoms with Crippen molar-refractivity contribution in [3.05, 3.63) is 468 Å². The fourth-order valence-electron chi connectivity index (χ4n) is 15.0. The van der Waals surface area contributed by atoms with Crippen LogP contribution in [0.3, 0.4) is 0 Å². The quantitative estimate of drug-likeness (QED) is 0.0878. The molecule has 0 bridgehead atoms. The zero-order chi connectivity index (χ0) is 89.3. The summed E-state index contributed by atoms with van der Waals surface area (Å²) < 4.78 is 0. The van der Waals surface area contributed by atoms with Gasteiger partial charge in [-0.1, -0.05) is 237 Å². The Bertz CT molecular complexity index is 6880. The Morgan fingerprint density at radius 2 is 0.275 bits per heavy atom. The first kappa shape index (κ1) is 85.6. The summed E-state index contributed by atoms with van der Waals surface area (Å²) in [7, 11) is 0. The van der Waals surface area contributed by atoms with E-state index in [-0.39, 0.29) is 0 Å². The normalized spacial score (nSPS) is 10.6. The molecule has 0 aliphatic heterocycles. The number of hydrogen-bond acceptors (Lipinski definition) is 17. The maximum Gasteiger partial charge on any atom is 0.126 e. The Labute approximate surface area is 761 Å². The molecule has 0 atom stereocenters. The second-order valence-electron chi connectivity index (χ2n) is 30.7. The molecule has 0 amide bonds. The number of hydrogen-bond donors (Lipinski definition) is 0. The van der Waals surface area contributed by atoms with Gasteiger partial charge >= 0.3 is 0 Å². The molecule has 0 saturated heterocycles. The standard InChI is InChI=1S/C34H25N3.C28H21N3.C21H16N4.C16H13N3.C15H12N4/c1-24-36-33(28-16-14-27(15-17-28)29-13-8-18-35-23-29)22-34(37-24)32-20-30(25-9-4-2-5-10-25)19-31(21-32)26-11-6-3-7-12-26;1-20-30-27(24-13-9-22(10-14-24)21-6-3-2-4-7-21)18-28(31-20)25-15-11-23(12-16-25)26-8-5-17-29-19-26;1-15-24-20(13-21(25-15)18-8-11-22-12-9-18)17-6-4-16(5-7-17)19-3-2-10-23-14-19;1-12-18-15(13-5-3-2-4-6-13)11-16(19-12)14-7-9-17-10-8-14;1-11-18-14(12-2-6-16-7-3-12)10-15(19-11)13-4-8-17-9-5-13/h2-23H,1H3;2-19H,1H3;2-14H,1H3;2-11H,1H3;2-10H,1H3. The van der Waals surface area contributed by atoms with Crippen LogP contribution in [0.5, 0.6) is 0 Å². The minimum atomic E-state index is 0.746. The molecular formula is C114H87N17. The number of pyridine rings is 7. The number of nitrogens with zero attached hydrogens (tertiary/aromatic N) is 17. The van der Waals surface area contributed by atoms with Crippen molar-refractivity contribution < 1.29 is 0 Å². The van der Waals surface area contributed by atoms with Gasteiger partial charge < -0.3 is 0 Å². The molecule has 0 aliphatic rings. The van der Waals surface area contributed by atoms with E-state index in [1.165, 1.54) is 22.3 Å². The Morgan fingerprint density at radius 3 is 0.496 bits per heavy atom. The van der Waals surface area contributed by atoms with E-state index in [0.717, 1.165) is 186 Å². The van der Waals surface area contributed by atoms with Crippen LogP contribution >= 0.6 is 0 Å². The molecule has 0 saturated carbocycles. The lowest BCUT2D eigenvalue weighted by Crippen LogP contribution is -1.95. The fraction of sp³-hybridized carbons (Fsp3) is 0.0439. The largest absolute Gasteiger partial charge is 0.265 e. The predicted octanol–water partition coefficient (Wildman–Crippen LogP) is 26.4. The highest BCUT2D eigenvalue weighted by Gasteiger charge is 2.16. The van der Waals surface area contributed by atoms with Gasteiger partial charge in [-0.15, -0.1) is 0 Å². The second kappa shape index (κ2) is 41.9. The summed E-state index contributed by atoms with van der Waals surface area (Å²) in [6, 6.07) is 120. The first-order valence-electron chi connectivity index (χ1n) is 42.8. The molecule has 131 heavy (non-hydrogen) atoms. The van der Waals surface area contributed by atoms with Crippen LogP contribution in [0.2, 0.25) is 0 Å². The summed E-state index contributed by atoms with van der Waals surface area (Å²) in [6.45, 7) is 9.62.